The van der Waals surface area contributed by atoms with Crippen LogP contribution in [-0.4, -0.2) is 61.7 Å². The summed E-state index contributed by atoms with van der Waals surface area (Å²) in [4.78, 5) is 33.6. The Morgan fingerprint density at radius 1 is 0.632 bits per heavy atom. The summed E-state index contributed by atoms with van der Waals surface area (Å²) >= 11 is 0. The van der Waals surface area contributed by atoms with Gasteiger partial charge in [-0.3, -0.25) is 20.8 Å². The minimum absolute atomic E-state index is 0.288. The molecule has 2 heterocycles. The standard InChI is InChI=1S/C28H30N8O2/c1-35(2)33-27(37)29-21-9-11-23-19(13-21)15-25(31-23)17-5-7-18(8-6-17)26-16-20-14-22(10-12-24(20)32-26)30-28(38)34-36(3)4/h5-14H,15-16H2,1-4H3,(H2,29,33,37)(H2,30,34,38). The quantitative estimate of drug-likeness (QED) is 0.372. The number of hydrogen-bond donors (Lipinski definition) is 4. The zero-order valence-corrected chi connectivity index (χ0v) is 21.8. The van der Waals surface area contributed by atoms with Crippen molar-refractivity contribution in [1.29, 1.82) is 0 Å². The van der Waals surface area contributed by atoms with Crippen LogP contribution in [0.4, 0.5) is 32.3 Å². The van der Waals surface area contributed by atoms with Gasteiger partial charge in [0.1, 0.15) is 0 Å². The van der Waals surface area contributed by atoms with Gasteiger partial charge in [0.05, 0.1) is 22.8 Å². The second kappa shape index (κ2) is 10.4. The van der Waals surface area contributed by atoms with E-state index < -0.39 is 0 Å². The van der Waals surface area contributed by atoms with Crippen LogP contribution in [0.25, 0.3) is 0 Å². The number of nitrogens with one attached hydrogen (secondary N) is 4. The number of hydrogen-bond acceptors (Lipinski definition) is 6. The molecule has 0 atom stereocenters. The van der Waals surface area contributed by atoms with E-state index in [1.165, 1.54) is 0 Å². The van der Waals surface area contributed by atoms with Gasteiger partial charge in [-0.05, 0) is 58.7 Å². The molecule has 4 N–H and O–H groups in total. The van der Waals surface area contributed by atoms with Crippen LogP contribution in [0.2, 0.25) is 0 Å². The van der Waals surface area contributed by atoms with Gasteiger partial charge in [0, 0.05) is 52.4 Å². The molecular formula is C28H30N8O2. The van der Waals surface area contributed by atoms with Gasteiger partial charge in [-0.15, -0.1) is 0 Å². The highest BCUT2D eigenvalue weighted by atomic mass is 16.2. The molecule has 0 unspecified atom stereocenters. The van der Waals surface area contributed by atoms with Crippen molar-refractivity contribution in [3.05, 3.63) is 82.9 Å². The maximum absolute atomic E-state index is 12.0. The first-order chi connectivity index (χ1) is 18.2. The number of anilines is 2. The van der Waals surface area contributed by atoms with Gasteiger partial charge in [0.25, 0.3) is 0 Å². The number of benzene rings is 3. The Kier molecular flexibility index (Phi) is 6.91. The summed E-state index contributed by atoms with van der Waals surface area (Å²) < 4.78 is 0. The van der Waals surface area contributed by atoms with E-state index in [2.05, 4.69) is 45.8 Å². The Hall–Kier alpha value is -4.54. The van der Waals surface area contributed by atoms with Crippen molar-refractivity contribution in [2.45, 2.75) is 12.8 Å². The topological polar surface area (TPSA) is 113 Å². The zero-order chi connectivity index (χ0) is 26.8. The van der Waals surface area contributed by atoms with Crippen LogP contribution in [0.3, 0.4) is 0 Å². The van der Waals surface area contributed by atoms with E-state index in [1.807, 2.05) is 36.4 Å². The van der Waals surface area contributed by atoms with E-state index in [1.54, 1.807) is 38.2 Å². The van der Waals surface area contributed by atoms with E-state index >= 15 is 0 Å². The Labute approximate surface area is 221 Å². The number of carbonyl (C=O) groups excluding carboxylic acids is 2. The number of urea groups is 2. The van der Waals surface area contributed by atoms with Crippen LogP contribution >= 0.6 is 0 Å². The number of aliphatic imine (C=N–C) groups is 2. The lowest BCUT2D eigenvalue weighted by molar-refractivity contribution is 0.223. The van der Waals surface area contributed by atoms with Crippen molar-refractivity contribution < 1.29 is 9.59 Å². The van der Waals surface area contributed by atoms with E-state index in [-0.39, 0.29) is 12.1 Å². The predicted molar refractivity (Wildman–Crippen MR) is 151 cm³/mol. The number of nitrogens with zero attached hydrogens (tertiary/aromatic N) is 4. The van der Waals surface area contributed by atoms with Gasteiger partial charge in [-0.2, -0.15) is 0 Å². The molecule has 0 fully saturated rings. The molecular weight excluding hydrogens is 480 g/mol. The van der Waals surface area contributed by atoms with Crippen LogP contribution in [0.1, 0.15) is 22.3 Å². The third-order valence-corrected chi connectivity index (χ3v) is 6.10. The number of amides is 4. The van der Waals surface area contributed by atoms with Crippen molar-refractivity contribution >= 4 is 46.2 Å². The van der Waals surface area contributed by atoms with E-state index in [9.17, 15) is 9.59 Å². The van der Waals surface area contributed by atoms with Crippen molar-refractivity contribution in [2.24, 2.45) is 9.98 Å². The molecule has 0 aliphatic carbocycles. The first-order valence-corrected chi connectivity index (χ1v) is 12.3. The number of fused-ring (bicyclic) bond motifs is 2. The van der Waals surface area contributed by atoms with Crippen molar-refractivity contribution in [2.75, 3.05) is 38.8 Å². The first kappa shape index (κ1) is 25.1. The van der Waals surface area contributed by atoms with Crippen LogP contribution in [0, 0.1) is 0 Å². The molecule has 3 aromatic rings. The SMILES string of the molecule is CN(C)NC(=O)Nc1ccc2c(c1)CC(c1ccc(C3=Nc4ccc(NC(=O)NN(C)C)cc4C3)cc1)=N2. The Morgan fingerprint density at radius 3 is 1.39 bits per heavy atom. The third-order valence-electron chi connectivity index (χ3n) is 6.10. The first-order valence-electron chi connectivity index (χ1n) is 12.3. The molecule has 5 rings (SSSR count). The number of hydrazine groups is 2. The number of carbonyl (C=O) groups is 2. The Balaban J connectivity index is 1.22. The van der Waals surface area contributed by atoms with Crippen molar-refractivity contribution in [3.63, 3.8) is 0 Å². The molecule has 2 aliphatic heterocycles. The van der Waals surface area contributed by atoms with E-state index in [0.29, 0.717) is 12.8 Å². The summed E-state index contributed by atoms with van der Waals surface area (Å²) in [5.41, 5.74) is 14.9. The Bertz CT molecular complexity index is 1350. The van der Waals surface area contributed by atoms with Crippen LogP contribution in [0.5, 0.6) is 0 Å². The molecule has 10 heteroatoms. The highest BCUT2D eigenvalue weighted by Crippen LogP contribution is 2.33. The largest absolute Gasteiger partial charge is 0.333 e. The molecule has 0 radical (unpaired) electrons. The molecule has 0 saturated heterocycles. The molecule has 10 nitrogen and oxygen atoms in total. The summed E-state index contributed by atoms with van der Waals surface area (Å²) in [6.07, 6.45) is 1.39. The van der Waals surface area contributed by atoms with Crippen molar-refractivity contribution in [1.82, 2.24) is 20.9 Å². The fraction of sp³-hybridized carbons (Fsp3) is 0.214. The van der Waals surface area contributed by atoms with Gasteiger partial charge in [0.2, 0.25) is 0 Å². The normalized spacial score (nSPS) is 13.5. The molecule has 0 saturated carbocycles. The minimum atomic E-state index is -0.288. The summed E-state index contributed by atoms with van der Waals surface area (Å²) in [7, 11) is 7.03. The lowest BCUT2D eigenvalue weighted by Crippen LogP contribution is -2.39. The molecule has 194 valence electrons. The van der Waals surface area contributed by atoms with Gasteiger partial charge < -0.3 is 10.6 Å². The highest BCUT2D eigenvalue weighted by molar-refractivity contribution is 6.09. The maximum Gasteiger partial charge on any atom is 0.333 e. The highest BCUT2D eigenvalue weighted by Gasteiger charge is 2.20. The van der Waals surface area contributed by atoms with E-state index in [4.69, 9.17) is 9.98 Å². The number of rotatable bonds is 6. The molecule has 4 amide bonds. The van der Waals surface area contributed by atoms with Crippen LogP contribution in [-0.2, 0) is 12.8 Å². The molecule has 3 aromatic carbocycles. The second-order valence-corrected chi connectivity index (χ2v) is 9.66. The molecule has 38 heavy (non-hydrogen) atoms. The monoisotopic (exact) mass is 510 g/mol. The van der Waals surface area contributed by atoms with Gasteiger partial charge in [-0.1, -0.05) is 24.3 Å². The summed E-state index contributed by atoms with van der Waals surface area (Å²) in [6, 6.07) is 19.2. The molecule has 2 aliphatic rings. The van der Waals surface area contributed by atoms with Gasteiger partial charge in [0.15, 0.2) is 0 Å². The average Bonchev–Trinajstić information content (AvgIpc) is 3.46. The smallest absolute Gasteiger partial charge is 0.307 e. The van der Waals surface area contributed by atoms with Crippen LogP contribution < -0.4 is 21.5 Å². The summed E-state index contributed by atoms with van der Waals surface area (Å²) in [6.45, 7) is 0. The second-order valence-electron chi connectivity index (χ2n) is 9.66. The van der Waals surface area contributed by atoms with Crippen molar-refractivity contribution in [3.8, 4) is 0 Å². The Morgan fingerprint density at radius 2 is 1.03 bits per heavy atom. The average molecular weight is 511 g/mol. The third kappa shape index (κ3) is 5.72. The van der Waals surface area contributed by atoms with Crippen LogP contribution in [0.15, 0.2) is 70.6 Å². The summed E-state index contributed by atoms with van der Waals surface area (Å²) in [5.74, 6) is 0. The molecule has 0 spiro atoms. The lowest BCUT2D eigenvalue weighted by Gasteiger charge is -2.13. The zero-order valence-electron chi connectivity index (χ0n) is 21.8. The van der Waals surface area contributed by atoms with Gasteiger partial charge >= 0.3 is 12.1 Å². The van der Waals surface area contributed by atoms with Gasteiger partial charge in [-0.25, -0.2) is 19.6 Å². The summed E-state index contributed by atoms with van der Waals surface area (Å²) in [5, 5.41) is 8.86. The molecule has 0 bridgehead atoms. The fourth-order valence-corrected chi connectivity index (χ4v) is 4.47. The maximum atomic E-state index is 12.0. The molecule has 0 aromatic heterocycles. The van der Waals surface area contributed by atoms with E-state index in [0.717, 1.165) is 56.4 Å². The fourth-order valence-electron chi connectivity index (χ4n) is 4.47. The predicted octanol–water partition coefficient (Wildman–Crippen LogP) is 4.24. The lowest BCUT2D eigenvalue weighted by atomic mass is 9.99. The minimum Gasteiger partial charge on any atom is -0.307 e.